The van der Waals surface area contributed by atoms with Gasteiger partial charge in [0.25, 0.3) is 0 Å². The molecule has 1 aliphatic rings. The van der Waals surface area contributed by atoms with E-state index in [1.807, 2.05) is 19.1 Å². The van der Waals surface area contributed by atoms with Gasteiger partial charge in [0, 0.05) is 17.6 Å². The van der Waals surface area contributed by atoms with E-state index in [0.29, 0.717) is 5.02 Å². The number of rotatable bonds is 4. The first-order valence-electron chi connectivity index (χ1n) is 5.96. The molecule has 1 aromatic carbocycles. The molecule has 0 amide bonds. The molecule has 1 aliphatic heterocycles. The molecule has 0 bridgehead atoms. The molecule has 2 atom stereocenters. The Morgan fingerprint density at radius 3 is 2.63 bits per heavy atom. The van der Waals surface area contributed by atoms with Crippen molar-refractivity contribution in [1.29, 1.82) is 0 Å². The molecule has 6 heteroatoms. The standard InChI is InChI=1S/C13H14ClF2NO2/c1-8(9-2-4-10(14)5-3-9)17-7-11-6-13(15,16)12(18)19-11/h2-5,8,11,17H,6-7H2,1H3. The lowest BCUT2D eigenvalue weighted by Crippen LogP contribution is -2.29. The third-order valence-electron chi connectivity index (χ3n) is 3.08. The second kappa shape index (κ2) is 5.43. The van der Waals surface area contributed by atoms with Crippen LogP contribution < -0.4 is 5.32 Å². The second-order valence-corrected chi connectivity index (χ2v) is 5.05. The largest absolute Gasteiger partial charge is 0.456 e. The summed E-state index contributed by atoms with van der Waals surface area (Å²) in [4.78, 5) is 10.8. The molecule has 0 aromatic heterocycles. The van der Waals surface area contributed by atoms with E-state index in [1.54, 1.807) is 12.1 Å². The van der Waals surface area contributed by atoms with Crippen LogP contribution in [0.25, 0.3) is 0 Å². The zero-order chi connectivity index (χ0) is 14.0. The van der Waals surface area contributed by atoms with Crippen molar-refractivity contribution in [1.82, 2.24) is 5.32 Å². The lowest BCUT2D eigenvalue weighted by molar-refractivity contribution is -0.159. The topological polar surface area (TPSA) is 38.3 Å². The summed E-state index contributed by atoms with van der Waals surface area (Å²) in [5.41, 5.74) is 0.987. The van der Waals surface area contributed by atoms with Crippen molar-refractivity contribution in [2.45, 2.75) is 31.4 Å². The normalized spacial score (nSPS) is 23.2. The molecule has 0 aliphatic carbocycles. The van der Waals surface area contributed by atoms with Gasteiger partial charge in [-0.2, -0.15) is 8.78 Å². The number of cyclic esters (lactones) is 1. The molecule has 1 fully saturated rings. The summed E-state index contributed by atoms with van der Waals surface area (Å²) >= 11 is 5.78. The number of alkyl halides is 2. The number of benzene rings is 1. The van der Waals surface area contributed by atoms with Gasteiger partial charge in [-0.3, -0.25) is 0 Å². The average molecular weight is 290 g/mol. The van der Waals surface area contributed by atoms with E-state index in [1.165, 1.54) is 0 Å². The number of hydrogen-bond donors (Lipinski definition) is 1. The van der Waals surface area contributed by atoms with E-state index in [2.05, 4.69) is 10.1 Å². The molecule has 1 heterocycles. The summed E-state index contributed by atoms with van der Waals surface area (Å²) in [6, 6.07) is 7.20. The maximum absolute atomic E-state index is 13.0. The minimum absolute atomic E-state index is 0.0369. The number of ether oxygens (including phenoxy) is 1. The highest BCUT2D eigenvalue weighted by molar-refractivity contribution is 6.30. The van der Waals surface area contributed by atoms with Gasteiger partial charge < -0.3 is 10.1 Å². The minimum Gasteiger partial charge on any atom is -0.456 e. The van der Waals surface area contributed by atoms with Gasteiger partial charge in [-0.1, -0.05) is 23.7 Å². The Bertz CT molecular complexity index is 464. The highest BCUT2D eigenvalue weighted by atomic mass is 35.5. The van der Waals surface area contributed by atoms with Crippen molar-refractivity contribution in [2.75, 3.05) is 6.54 Å². The average Bonchev–Trinajstić information content (AvgIpc) is 2.61. The van der Waals surface area contributed by atoms with Gasteiger partial charge in [-0.05, 0) is 24.6 Å². The lowest BCUT2D eigenvalue weighted by atomic mass is 10.1. The van der Waals surface area contributed by atoms with Crippen molar-refractivity contribution in [3.63, 3.8) is 0 Å². The SMILES string of the molecule is CC(NCC1CC(F)(F)C(=O)O1)c1ccc(Cl)cc1. The maximum Gasteiger partial charge on any atom is 0.377 e. The van der Waals surface area contributed by atoms with Crippen molar-refractivity contribution < 1.29 is 18.3 Å². The van der Waals surface area contributed by atoms with Crippen LogP contribution in [0.3, 0.4) is 0 Å². The highest BCUT2D eigenvalue weighted by Crippen LogP contribution is 2.30. The van der Waals surface area contributed by atoms with E-state index in [-0.39, 0.29) is 12.6 Å². The van der Waals surface area contributed by atoms with Crippen LogP contribution in [0.1, 0.15) is 24.9 Å². The van der Waals surface area contributed by atoms with E-state index in [4.69, 9.17) is 11.6 Å². The first-order chi connectivity index (χ1) is 8.88. The zero-order valence-electron chi connectivity index (χ0n) is 10.3. The van der Waals surface area contributed by atoms with Gasteiger partial charge in [-0.25, -0.2) is 4.79 Å². The van der Waals surface area contributed by atoms with E-state index >= 15 is 0 Å². The van der Waals surface area contributed by atoms with Crippen molar-refractivity contribution in [3.8, 4) is 0 Å². The Hall–Kier alpha value is -1.20. The molecular weight excluding hydrogens is 276 g/mol. The van der Waals surface area contributed by atoms with Gasteiger partial charge in [0.05, 0.1) is 6.42 Å². The monoisotopic (exact) mass is 289 g/mol. The van der Waals surface area contributed by atoms with Crippen LogP contribution in [0, 0.1) is 0 Å². The smallest absolute Gasteiger partial charge is 0.377 e. The molecule has 1 saturated heterocycles. The number of hydrogen-bond acceptors (Lipinski definition) is 3. The van der Waals surface area contributed by atoms with Crippen LogP contribution in [0.15, 0.2) is 24.3 Å². The number of carbonyl (C=O) groups excluding carboxylic acids is 1. The fourth-order valence-corrected chi connectivity index (χ4v) is 2.07. The summed E-state index contributed by atoms with van der Waals surface area (Å²) in [6.07, 6.45) is -1.34. The fourth-order valence-electron chi connectivity index (χ4n) is 1.94. The van der Waals surface area contributed by atoms with Crippen LogP contribution in [0.4, 0.5) is 8.78 Å². The number of esters is 1. The summed E-state index contributed by atoms with van der Waals surface area (Å²) < 4.78 is 30.5. The molecule has 104 valence electrons. The third kappa shape index (κ3) is 3.42. The van der Waals surface area contributed by atoms with Gasteiger partial charge >= 0.3 is 11.9 Å². The maximum atomic E-state index is 13.0. The quantitative estimate of drug-likeness (QED) is 0.866. The van der Waals surface area contributed by atoms with Crippen molar-refractivity contribution in [2.24, 2.45) is 0 Å². The summed E-state index contributed by atoms with van der Waals surface area (Å²) in [7, 11) is 0. The molecule has 1 aromatic rings. The first kappa shape index (κ1) is 14.2. The van der Waals surface area contributed by atoms with Crippen molar-refractivity contribution in [3.05, 3.63) is 34.9 Å². The Labute approximate surface area is 114 Å². The number of carbonyl (C=O) groups is 1. The Morgan fingerprint density at radius 1 is 1.47 bits per heavy atom. The molecule has 3 nitrogen and oxygen atoms in total. The number of halogens is 3. The van der Waals surface area contributed by atoms with Crippen LogP contribution >= 0.6 is 11.6 Å². The van der Waals surface area contributed by atoms with Gasteiger partial charge in [0.15, 0.2) is 0 Å². The lowest BCUT2D eigenvalue weighted by Gasteiger charge is -2.16. The molecule has 19 heavy (non-hydrogen) atoms. The highest BCUT2D eigenvalue weighted by Gasteiger charge is 2.50. The molecule has 1 N–H and O–H groups in total. The van der Waals surface area contributed by atoms with E-state index < -0.39 is 24.4 Å². The Morgan fingerprint density at radius 2 is 2.11 bits per heavy atom. The Kier molecular flexibility index (Phi) is 4.06. The fraction of sp³-hybridized carbons (Fsp3) is 0.462. The third-order valence-corrected chi connectivity index (χ3v) is 3.33. The molecule has 0 saturated carbocycles. The van der Waals surface area contributed by atoms with Gasteiger partial charge in [0.1, 0.15) is 6.10 Å². The summed E-state index contributed by atoms with van der Waals surface area (Å²) in [5.74, 6) is -4.78. The number of nitrogens with one attached hydrogen (secondary N) is 1. The second-order valence-electron chi connectivity index (χ2n) is 4.62. The van der Waals surface area contributed by atoms with Gasteiger partial charge in [0.2, 0.25) is 0 Å². The minimum atomic E-state index is -3.35. The van der Waals surface area contributed by atoms with Crippen LogP contribution in [0.2, 0.25) is 5.02 Å². The van der Waals surface area contributed by atoms with Crippen molar-refractivity contribution >= 4 is 17.6 Å². The van der Waals surface area contributed by atoms with E-state index in [9.17, 15) is 13.6 Å². The molecule has 0 radical (unpaired) electrons. The first-order valence-corrected chi connectivity index (χ1v) is 6.34. The summed E-state index contributed by atoms with van der Waals surface area (Å²) in [5, 5.41) is 3.70. The van der Waals surface area contributed by atoms with Crippen LogP contribution in [-0.2, 0) is 9.53 Å². The predicted molar refractivity (Wildman–Crippen MR) is 67.3 cm³/mol. The molecule has 2 unspecified atom stereocenters. The van der Waals surface area contributed by atoms with Crippen LogP contribution in [0.5, 0.6) is 0 Å². The van der Waals surface area contributed by atoms with Crippen LogP contribution in [-0.4, -0.2) is 24.5 Å². The molecular formula is C13H14ClF2NO2. The molecule has 0 spiro atoms. The predicted octanol–water partition coefficient (Wildman–Crippen LogP) is 2.94. The zero-order valence-corrected chi connectivity index (χ0v) is 11.1. The molecule has 2 rings (SSSR count). The van der Waals surface area contributed by atoms with Gasteiger partial charge in [-0.15, -0.1) is 0 Å². The summed E-state index contributed by atoms with van der Waals surface area (Å²) in [6.45, 7) is 2.10. The van der Waals surface area contributed by atoms with E-state index in [0.717, 1.165) is 5.56 Å². The Balaban J connectivity index is 1.86.